The van der Waals surface area contributed by atoms with E-state index in [1.807, 2.05) is 66.0 Å². The molecule has 0 saturated carbocycles. The Morgan fingerprint density at radius 2 is 1.71 bits per heavy atom. The first-order chi connectivity index (χ1) is 13.8. The molecule has 0 atom stereocenters. The molecule has 1 aliphatic heterocycles. The van der Waals surface area contributed by atoms with Crippen LogP contribution in [0, 0.1) is 0 Å². The number of aromatic nitrogens is 1. The third-order valence-corrected chi connectivity index (χ3v) is 5.49. The lowest BCUT2D eigenvalue weighted by molar-refractivity contribution is -0.146. The van der Waals surface area contributed by atoms with E-state index in [1.54, 1.807) is 17.4 Å². The highest BCUT2D eigenvalue weighted by molar-refractivity contribution is 7.13. The van der Waals surface area contributed by atoms with Crippen molar-refractivity contribution < 1.29 is 18.8 Å². The Labute approximate surface area is 165 Å². The molecule has 0 fully saturated rings. The van der Waals surface area contributed by atoms with E-state index in [0.29, 0.717) is 23.0 Å². The van der Waals surface area contributed by atoms with Gasteiger partial charge in [0.15, 0.2) is 5.76 Å². The van der Waals surface area contributed by atoms with E-state index in [0.717, 1.165) is 16.0 Å². The van der Waals surface area contributed by atoms with E-state index in [-0.39, 0.29) is 12.6 Å². The van der Waals surface area contributed by atoms with Crippen molar-refractivity contribution in [2.24, 2.45) is 0 Å². The molecule has 0 saturated heterocycles. The highest BCUT2D eigenvalue weighted by Crippen LogP contribution is 2.44. The minimum Gasteiger partial charge on any atom is -0.458 e. The summed E-state index contributed by atoms with van der Waals surface area (Å²) < 4.78 is 16.9. The summed E-state index contributed by atoms with van der Waals surface area (Å²) in [6, 6.07) is 20.7. The fourth-order valence-electron chi connectivity index (χ4n) is 3.31. The van der Waals surface area contributed by atoms with Gasteiger partial charge in [-0.3, -0.25) is 4.79 Å². The highest BCUT2D eigenvalue weighted by atomic mass is 32.1. The van der Waals surface area contributed by atoms with Gasteiger partial charge in [0.05, 0.1) is 4.88 Å². The third kappa shape index (κ3) is 2.97. The Bertz CT molecular complexity index is 1090. The van der Waals surface area contributed by atoms with Gasteiger partial charge >= 0.3 is 5.97 Å². The Hall–Kier alpha value is -3.38. The standard InChI is InChI=1S/C22H15NO4S/c24-22(25-13-14-12-19(27-23-14)20-10-5-11-28-20)21-15-6-1-3-8-17(15)26-18-9-4-2-7-16(18)21/h1-12,21H,13H2. The van der Waals surface area contributed by atoms with E-state index in [9.17, 15) is 4.79 Å². The number of para-hydroxylation sites is 2. The lowest BCUT2D eigenvalue weighted by Gasteiger charge is -2.26. The number of ether oxygens (including phenoxy) is 2. The molecule has 138 valence electrons. The number of carbonyl (C=O) groups is 1. The highest BCUT2D eigenvalue weighted by Gasteiger charge is 2.33. The van der Waals surface area contributed by atoms with Gasteiger partial charge in [-0.05, 0) is 23.6 Å². The van der Waals surface area contributed by atoms with Gasteiger partial charge in [0.1, 0.15) is 29.7 Å². The molecule has 3 heterocycles. The molecule has 2 aromatic heterocycles. The molecule has 28 heavy (non-hydrogen) atoms. The van der Waals surface area contributed by atoms with Gasteiger partial charge < -0.3 is 14.0 Å². The molecule has 0 radical (unpaired) electrons. The molecule has 2 aromatic carbocycles. The van der Waals surface area contributed by atoms with Crippen LogP contribution in [0.15, 0.2) is 76.6 Å². The zero-order valence-electron chi connectivity index (χ0n) is 14.7. The van der Waals surface area contributed by atoms with Crippen molar-refractivity contribution in [3.05, 3.63) is 88.9 Å². The summed E-state index contributed by atoms with van der Waals surface area (Å²) in [5, 5.41) is 5.98. The van der Waals surface area contributed by atoms with Crippen molar-refractivity contribution >= 4 is 17.3 Å². The number of hydrogen-bond acceptors (Lipinski definition) is 6. The van der Waals surface area contributed by atoms with E-state index < -0.39 is 5.92 Å². The molecule has 0 N–H and O–H groups in total. The minimum absolute atomic E-state index is 0.0510. The van der Waals surface area contributed by atoms with Crippen LogP contribution in [0.2, 0.25) is 0 Å². The quantitative estimate of drug-likeness (QED) is 0.438. The predicted octanol–water partition coefficient (Wildman–Crippen LogP) is 5.38. The van der Waals surface area contributed by atoms with Crippen LogP contribution >= 0.6 is 11.3 Å². The number of benzene rings is 2. The molecular weight excluding hydrogens is 374 g/mol. The van der Waals surface area contributed by atoms with Crippen LogP contribution in [-0.4, -0.2) is 11.1 Å². The monoisotopic (exact) mass is 389 g/mol. The maximum atomic E-state index is 13.0. The topological polar surface area (TPSA) is 61.6 Å². The lowest BCUT2D eigenvalue weighted by Crippen LogP contribution is -2.21. The van der Waals surface area contributed by atoms with E-state index in [2.05, 4.69) is 5.16 Å². The molecule has 0 aliphatic carbocycles. The van der Waals surface area contributed by atoms with Gasteiger partial charge in [-0.2, -0.15) is 0 Å². The Morgan fingerprint density at radius 3 is 2.39 bits per heavy atom. The van der Waals surface area contributed by atoms with Crippen LogP contribution in [-0.2, 0) is 16.1 Å². The van der Waals surface area contributed by atoms with Crippen LogP contribution < -0.4 is 4.74 Å². The lowest BCUT2D eigenvalue weighted by atomic mass is 9.88. The molecule has 0 bridgehead atoms. The first-order valence-corrected chi connectivity index (χ1v) is 9.69. The molecule has 4 aromatic rings. The van der Waals surface area contributed by atoms with Gasteiger partial charge in [0.2, 0.25) is 0 Å². The number of nitrogens with zero attached hydrogens (tertiary/aromatic N) is 1. The Morgan fingerprint density at radius 1 is 1.00 bits per heavy atom. The molecule has 0 amide bonds. The van der Waals surface area contributed by atoms with Gasteiger partial charge in [-0.25, -0.2) is 0 Å². The van der Waals surface area contributed by atoms with Crippen molar-refractivity contribution in [2.75, 3.05) is 0 Å². The number of carbonyl (C=O) groups excluding carboxylic acids is 1. The smallest absolute Gasteiger partial charge is 0.318 e. The summed E-state index contributed by atoms with van der Waals surface area (Å²) in [6.07, 6.45) is 0. The zero-order valence-corrected chi connectivity index (χ0v) is 15.5. The van der Waals surface area contributed by atoms with Crippen LogP contribution in [0.5, 0.6) is 11.5 Å². The second-order valence-corrected chi connectivity index (χ2v) is 7.33. The SMILES string of the molecule is O=C(OCc1cc(-c2cccs2)on1)C1c2ccccc2Oc2ccccc21. The number of rotatable bonds is 4. The van der Waals surface area contributed by atoms with E-state index in [4.69, 9.17) is 14.0 Å². The molecule has 5 rings (SSSR count). The van der Waals surface area contributed by atoms with Crippen LogP contribution in [0.4, 0.5) is 0 Å². The minimum atomic E-state index is -0.537. The molecule has 6 heteroatoms. The van der Waals surface area contributed by atoms with Gasteiger partial charge in [0, 0.05) is 17.2 Å². The Kier molecular flexibility index (Phi) is 4.18. The number of hydrogen-bond donors (Lipinski definition) is 0. The fourth-order valence-corrected chi connectivity index (χ4v) is 3.98. The molecule has 1 aliphatic rings. The summed E-state index contributed by atoms with van der Waals surface area (Å²) in [5.41, 5.74) is 2.17. The second-order valence-electron chi connectivity index (χ2n) is 6.38. The molecule has 5 nitrogen and oxygen atoms in total. The summed E-state index contributed by atoms with van der Waals surface area (Å²) in [7, 11) is 0. The van der Waals surface area contributed by atoms with E-state index in [1.165, 1.54) is 0 Å². The van der Waals surface area contributed by atoms with Crippen molar-refractivity contribution in [1.82, 2.24) is 5.16 Å². The predicted molar refractivity (Wildman–Crippen MR) is 104 cm³/mol. The summed E-state index contributed by atoms with van der Waals surface area (Å²) in [5.74, 6) is 1.13. The van der Waals surface area contributed by atoms with Crippen molar-refractivity contribution in [3.8, 4) is 22.1 Å². The first kappa shape index (κ1) is 16.8. The first-order valence-electron chi connectivity index (χ1n) is 8.81. The van der Waals surface area contributed by atoms with Crippen molar-refractivity contribution in [1.29, 1.82) is 0 Å². The third-order valence-electron chi connectivity index (χ3n) is 4.60. The summed E-state index contributed by atoms with van der Waals surface area (Å²) >= 11 is 1.57. The number of thiophene rings is 1. The average Bonchev–Trinajstić information content (AvgIpc) is 3.42. The molecule has 0 spiro atoms. The second kappa shape index (κ2) is 6.98. The number of esters is 1. The van der Waals surface area contributed by atoms with Gasteiger partial charge in [-0.15, -0.1) is 11.3 Å². The number of fused-ring (bicyclic) bond motifs is 2. The summed E-state index contributed by atoms with van der Waals surface area (Å²) in [6.45, 7) is 0.0510. The van der Waals surface area contributed by atoms with Crippen LogP contribution in [0.25, 0.3) is 10.6 Å². The van der Waals surface area contributed by atoms with Crippen LogP contribution in [0.1, 0.15) is 22.7 Å². The Balaban J connectivity index is 1.38. The molecule has 0 unspecified atom stereocenters. The van der Waals surface area contributed by atoms with E-state index >= 15 is 0 Å². The van der Waals surface area contributed by atoms with Gasteiger partial charge in [0.25, 0.3) is 0 Å². The van der Waals surface area contributed by atoms with Gasteiger partial charge in [-0.1, -0.05) is 47.6 Å². The summed E-state index contributed by atoms with van der Waals surface area (Å²) in [4.78, 5) is 14.0. The maximum Gasteiger partial charge on any atom is 0.318 e. The molecular formula is C22H15NO4S. The maximum absolute atomic E-state index is 13.0. The normalized spacial score (nSPS) is 12.7. The zero-order chi connectivity index (χ0) is 18.9. The average molecular weight is 389 g/mol. The van der Waals surface area contributed by atoms with Crippen LogP contribution in [0.3, 0.4) is 0 Å². The van der Waals surface area contributed by atoms with Crippen molar-refractivity contribution in [3.63, 3.8) is 0 Å². The fraction of sp³-hybridized carbons (Fsp3) is 0.0909. The van der Waals surface area contributed by atoms with Crippen molar-refractivity contribution in [2.45, 2.75) is 12.5 Å². The largest absolute Gasteiger partial charge is 0.458 e.